The predicted molar refractivity (Wildman–Crippen MR) is 60.4 cm³/mol. The van der Waals surface area contributed by atoms with Gasteiger partial charge in [-0.25, -0.2) is 4.39 Å². The van der Waals surface area contributed by atoms with E-state index in [2.05, 4.69) is 0 Å². The number of halogens is 1. The van der Waals surface area contributed by atoms with Gasteiger partial charge >= 0.3 is 0 Å². The van der Waals surface area contributed by atoms with Crippen molar-refractivity contribution in [3.8, 4) is 0 Å². The van der Waals surface area contributed by atoms with E-state index < -0.39 is 0 Å². The topological polar surface area (TPSA) is 20.3 Å². The molecule has 1 fully saturated rings. The van der Waals surface area contributed by atoms with E-state index in [9.17, 15) is 9.18 Å². The molecule has 2 nitrogen and oxygen atoms in total. The molecule has 1 aliphatic rings. The number of rotatable bonds is 2. The molecule has 0 radical (unpaired) electrons. The Balaban J connectivity index is 2.23. The number of hydrogen-bond donors (Lipinski definition) is 0. The first kappa shape index (κ1) is 11.1. The molecule has 0 aromatic heterocycles. The van der Waals surface area contributed by atoms with Gasteiger partial charge in [0.2, 0.25) is 5.91 Å². The van der Waals surface area contributed by atoms with Crippen molar-refractivity contribution in [2.75, 3.05) is 6.54 Å². The lowest BCUT2D eigenvalue weighted by atomic mass is 10.0. The molecule has 0 saturated carbocycles. The first-order chi connectivity index (χ1) is 7.72. The van der Waals surface area contributed by atoms with E-state index in [4.69, 9.17) is 0 Å². The zero-order chi connectivity index (χ0) is 11.5. The van der Waals surface area contributed by atoms with Crippen LogP contribution in [0.1, 0.15) is 37.8 Å². The Morgan fingerprint density at radius 1 is 1.56 bits per heavy atom. The van der Waals surface area contributed by atoms with Crippen molar-refractivity contribution in [1.82, 2.24) is 4.90 Å². The van der Waals surface area contributed by atoms with Crippen molar-refractivity contribution in [3.05, 3.63) is 35.6 Å². The molecule has 1 amide bonds. The Labute approximate surface area is 95.1 Å². The van der Waals surface area contributed by atoms with E-state index in [1.54, 1.807) is 6.07 Å². The van der Waals surface area contributed by atoms with Crippen LogP contribution in [-0.4, -0.2) is 17.4 Å². The van der Waals surface area contributed by atoms with Crippen LogP contribution in [0.15, 0.2) is 24.3 Å². The standard InChI is InChI=1S/C13H16FNO/c1-2-13(16)15-8-4-7-12(15)10-5-3-6-11(14)9-10/h3,5-6,9,12H,2,4,7-8H2,1H3. The van der Waals surface area contributed by atoms with Gasteiger partial charge in [-0.2, -0.15) is 0 Å². The van der Waals surface area contributed by atoms with Gasteiger partial charge in [0.05, 0.1) is 6.04 Å². The van der Waals surface area contributed by atoms with Crippen LogP contribution in [-0.2, 0) is 4.79 Å². The molecule has 0 spiro atoms. The lowest BCUT2D eigenvalue weighted by Crippen LogP contribution is -2.29. The molecule has 3 heteroatoms. The van der Waals surface area contributed by atoms with Crippen molar-refractivity contribution >= 4 is 5.91 Å². The summed E-state index contributed by atoms with van der Waals surface area (Å²) in [5.74, 6) is -0.0694. The second-order valence-corrected chi connectivity index (χ2v) is 4.15. The lowest BCUT2D eigenvalue weighted by molar-refractivity contribution is -0.131. The summed E-state index contributed by atoms with van der Waals surface area (Å²) in [5.41, 5.74) is 0.916. The summed E-state index contributed by atoms with van der Waals surface area (Å²) in [4.78, 5) is 13.6. The first-order valence-electron chi connectivity index (χ1n) is 5.77. The van der Waals surface area contributed by atoms with Crippen LogP contribution in [0, 0.1) is 5.82 Å². The van der Waals surface area contributed by atoms with Crippen LogP contribution in [0.3, 0.4) is 0 Å². The van der Waals surface area contributed by atoms with Crippen molar-refractivity contribution < 1.29 is 9.18 Å². The van der Waals surface area contributed by atoms with Crippen molar-refractivity contribution in [3.63, 3.8) is 0 Å². The molecular weight excluding hydrogens is 205 g/mol. The van der Waals surface area contributed by atoms with Crippen molar-refractivity contribution in [2.45, 2.75) is 32.2 Å². The quantitative estimate of drug-likeness (QED) is 0.752. The van der Waals surface area contributed by atoms with Gasteiger partial charge in [-0.1, -0.05) is 19.1 Å². The fourth-order valence-electron chi connectivity index (χ4n) is 2.33. The van der Waals surface area contributed by atoms with Crippen LogP contribution >= 0.6 is 0 Å². The number of likely N-dealkylation sites (tertiary alicyclic amines) is 1. The minimum atomic E-state index is -0.228. The van der Waals surface area contributed by atoms with Crippen molar-refractivity contribution in [1.29, 1.82) is 0 Å². The first-order valence-corrected chi connectivity index (χ1v) is 5.77. The number of carbonyl (C=O) groups excluding carboxylic acids is 1. The predicted octanol–water partition coefficient (Wildman–Crippen LogP) is 2.90. The molecule has 86 valence electrons. The number of benzene rings is 1. The van der Waals surface area contributed by atoms with Crippen LogP contribution in [0.25, 0.3) is 0 Å². The molecule has 0 bridgehead atoms. The molecule has 1 atom stereocenters. The zero-order valence-corrected chi connectivity index (χ0v) is 9.45. The van der Waals surface area contributed by atoms with Gasteiger partial charge in [0.1, 0.15) is 5.82 Å². The van der Waals surface area contributed by atoms with E-state index in [-0.39, 0.29) is 17.8 Å². The summed E-state index contributed by atoms with van der Waals surface area (Å²) in [7, 11) is 0. The Kier molecular flexibility index (Phi) is 3.22. The number of hydrogen-bond acceptors (Lipinski definition) is 1. The van der Waals surface area contributed by atoms with Gasteiger partial charge in [-0.05, 0) is 30.5 Å². The second-order valence-electron chi connectivity index (χ2n) is 4.15. The van der Waals surface area contributed by atoms with Gasteiger partial charge in [0.25, 0.3) is 0 Å². The highest BCUT2D eigenvalue weighted by molar-refractivity contribution is 5.76. The Morgan fingerprint density at radius 3 is 3.06 bits per heavy atom. The van der Waals surface area contributed by atoms with Gasteiger partial charge in [-0.15, -0.1) is 0 Å². The van der Waals surface area contributed by atoms with E-state index in [1.165, 1.54) is 12.1 Å². The number of carbonyl (C=O) groups is 1. The highest BCUT2D eigenvalue weighted by Gasteiger charge is 2.28. The lowest BCUT2D eigenvalue weighted by Gasteiger charge is -2.24. The SMILES string of the molecule is CCC(=O)N1CCCC1c1cccc(F)c1. The van der Waals surface area contributed by atoms with E-state index in [0.29, 0.717) is 6.42 Å². The molecule has 0 aliphatic carbocycles. The fraction of sp³-hybridized carbons (Fsp3) is 0.462. The van der Waals surface area contributed by atoms with E-state index in [1.807, 2.05) is 17.9 Å². The summed E-state index contributed by atoms with van der Waals surface area (Å²) in [6.45, 7) is 2.66. The van der Waals surface area contributed by atoms with Crippen LogP contribution < -0.4 is 0 Å². The largest absolute Gasteiger partial charge is 0.336 e. The maximum atomic E-state index is 13.1. The number of nitrogens with zero attached hydrogens (tertiary/aromatic N) is 1. The fourth-order valence-corrected chi connectivity index (χ4v) is 2.33. The summed E-state index contributed by atoms with van der Waals surface area (Å²) >= 11 is 0. The Morgan fingerprint density at radius 2 is 2.38 bits per heavy atom. The summed E-state index contributed by atoms with van der Waals surface area (Å²) < 4.78 is 13.1. The minimum Gasteiger partial charge on any atom is -0.336 e. The average molecular weight is 221 g/mol. The molecule has 2 rings (SSSR count). The Bertz CT molecular complexity index is 391. The molecule has 16 heavy (non-hydrogen) atoms. The summed E-state index contributed by atoms with van der Waals surface area (Å²) in [6.07, 6.45) is 2.47. The summed E-state index contributed by atoms with van der Waals surface area (Å²) in [5, 5.41) is 0. The molecule has 1 unspecified atom stereocenters. The third-order valence-corrected chi connectivity index (χ3v) is 3.11. The molecule has 1 aromatic rings. The molecule has 1 aromatic carbocycles. The highest BCUT2D eigenvalue weighted by Crippen LogP contribution is 2.32. The van der Waals surface area contributed by atoms with Gasteiger partial charge in [0, 0.05) is 13.0 Å². The molecular formula is C13H16FNO. The summed E-state index contributed by atoms with van der Waals surface area (Å²) in [6, 6.07) is 6.64. The minimum absolute atomic E-state index is 0.0724. The van der Waals surface area contributed by atoms with Gasteiger partial charge < -0.3 is 4.90 Å². The Hall–Kier alpha value is -1.38. The smallest absolute Gasteiger partial charge is 0.222 e. The van der Waals surface area contributed by atoms with Gasteiger partial charge in [0.15, 0.2) is 0 Å². The maximum Gasteiger partial charge on any atom is 0.222 e. The molecule has 1 aliphatic heterocycles. The zero-order valence-electron chi connectivity index (χ0n) is 9.45. The van der Waals surface area contributed by atoms with Crippen LogP contribution in [0.2, 0.25) is 0 Å². The third kappa shape index (κ3) is 2.08. The molecule has 0 N–H and O–H groups in total. The van der Waals surface area contributed by atoms with Crippen LogP contribution in [0.5, 0.6) is 0 Å². The third-order valence-electron chi connectivity index (χ3n) is 3.11. The number of amides is 1. The second kappa shape index (κ2) is 4.64. The van der Waals surface area contributed by atoms with E-state index in [0.717, 1.165) is 24.9 Å². The normalized spacial score (nSPS) is 20.1. The highest BCUT2D eigenvalue weighted by atomic mass is 19.1. The van der Waals surface area contributed by atoms with Crippen LogP contribution in [0.4, 0.5) is 4.39 Å². The molecule has 1 heterocycles. The average Bonchev–Trinajstić information content (AvgIpc) is 2.77. The maximum absolute atomic E-state index is 13.1. The van der Waals surface area contributed by atoms with Gasteiger partial charge in [-0.3, -0.25) is 4.79 Å². The van der Waals surface area contributed by atoms with Crippen molar-refractivity contribution in [2.24, 2.45) is 0 Å². The monoisotopic (exact) mass is 221 g/mol. The van der Waals surface area contributed by atoms with E-state index >= 15 is 0 Å². The molecule has 1 saturated heterocycles.